The van der Waals surface area contributed by atoms with Crippen molar-refractivity contribution >= 4 is 17.9 Å². The van der Waals surface area contributed by atoms with E-state index >= 15 is 0 Å². The molecule has 0 saturated heterocycles. The van der Waals surface area contributed by atoms with Gasteiger partial charge in [-0.2, -0.15) is 0 Å². The van der Waals surface area contributed by atoms with Crippen LogP contribution in [0, 0.1) is 13.8 Å². The predicted octanol–water partition coefficient (Wildman–Crippen LogP) is 5.24. The maximum atomic E-state index is 14.2. The van der Waals surface area contributed by atoms with Crippen LogP contribution in [0.5, 0.6) is 0 Å². The molecule has 202 valence electrons. The Bertz CT molecular complexity index is 1040. The third kappa shape index (κ3) is 9.56. The standard InChI is InChI=1S/C30H43N3O4/c1-9-15-33(26(27(34)31-20(2)3)24-17-21(4)16-22(5)18-24)28(35)25(19-23-13-11-10-12-14-23)32-29(36)37-30(6,7)8/h10-14,16-18,20,25-26H,9,15,19H2,1-8H3,(H,31,34)(H,32,36). The molecule has 2 aromatic rings. The summed E-state index contributed by atoms with van der Waals surface area (Å²) >= 11 is 0. The minimum absolute atomic E-state index is 0.0977. The first-order valence-electron chi connectivity index (χ1n) is 13.0. The Labute approximate surface area is 222 Å². The van der Waals surface area contributed by atoms with Crippen molar-refractivity contribution in [1.82, 2.24) is 15.5 Å². The quantitative estimate of drug-likeness (QED) is 0.458. The van der Waals surface area contributed by atoms with Crippen molar-refractivity contribution in [3.05, 3.63) is 70.8 Å². The van der Waals surface area contributed by atoms with E-state index in [1.54, 1.807) is 25.7 Å². The lowest BCUT2D eigenvalue weighted by molar-refractivity contribution is -0.142. The second-order valence-corrected chi connectivity index (χ2v) is 10.9. The van der Waals surface area contributed by atoms with Crippen molar-refractivity contribution in [2.24, 2.45) is 0 Å². The number of benzene rings is 2. The molecule has 7 nitrogen and oxygen atoms in total. The zero-order chi connectivity index (χ0) is 27.8. The summed E-state index contributed by atoms with van der Waals surface area (Å²) in [6.45, 7) is 15.4. The van der Waals surface area contributed by atoms with Gasteiger partial charge in [0.1, 0.15) is 17.7 Å². The van der Waals surface area contributed by atoms with Gasteiger partial charge in [-0.3, -0.25) is 9.59 Å². The van der Waals surface area contributed by atoms with Crippen LogP contribution in [-0.4, -0.2) is 47.0 Å². The fourth-order valence-electron chi connectivity index (χ4n) is 4.31. The molecule has 2 unspecified atom stereocenters. The molecule has 0 saturated carbocycles. The molecule has 0 radical (unpaired) electrons. The summed E-state index contributed by atoms with van der Waals surface area (Å²) < 4.78 is 5.47. The van der Waals surface area contributed by atoms with Gasteiger partial charge in [-0.05, 0) is 66.0 Å². The number of carbonyl (C=O) groups is 3. The highest BCUT2D eigenvalue weighted by atomic mass is 16.6. The molecule has 0 heterocycles. The number of nitrogens with one attached hydrogen (secondary N) is 2. The van der Waals surface area contributed by atoms with Gasteiger partial charge in [0, 0.05) is 19.0 Å². The number of hydrogen-bond acceptors (Lipinski definition) is 4. The summed E-state index contributed by atoms with van der Waals surface area (Å²) in [4.78, 5) is 42.1. The molecule has 2 aromatic carbocycles. The van der Waals surface area contributed by atoms with Crippen LogP contribution in [0.3, 0.4) is 0 Å². The maximum Gasteiger partial charge on any atom is 0.408 e. The highest BCUT2D eigenvalue weighted by molar-refractivity contribution is 5.92. The van der Waals surface area contributed by atoms with Gasteiger partial charge in [-0.25, -0.2) is 4.79 Å². The van der Waals surface area contributed by atoms with Crippen molar-refractivity contribution in [1.29, 1.82) is 0 Å². The van der Waals surface area contributed by atoms with Crippen molar-refractivity contribution in [3.8, 4) is 0 Å². The Balaban J connectivity index is 2.54. The number of alkyl carbamates (subject to hydrolysis) is 1. The SMILES string of the molecule is CCCN(C(=O)C(Cc1ccccc1)NC(=O)OC(C)(C)C)C(C(=O)NC(C)C)c1cc(C)cc(C)c1. The first-order chi connectivity index (χ1) is 17.3. The molecule has 0 aliphatic carbocycles. The van der Waals surface area contributed by atoms with Crippen LogP contribution in [-0.2, 0) is 20.7 Å². The number of carbonyl (C=O) groups excluding carboxylic acids is 3. The van der Waals surface area contributed by atoms with Crippen molar-refractivity contribution < 1.29 is 19.1 Å². The Morgan fingerprint density at radius 3 is 2.05 bits per heavy atom. The number of amides is 3. The van der Waals surface area contributed by atoms with Gasteiger partial charge < -0.3 is 20.3 Å². The topological polar surface area (TPSA) is 87.7 Å². The Morgan fingerprint density at radius 2 is 1.54 bits per heavy atom. The fourth-order valence-corrected chi connectivity index (χ4v) is 4.31. The molecule has 2 rings (SSSR count). The molecule has 3 amide bonds. The summed E-state index contributed by atoms with van der Waals surface area (Å²) in [5, 5.41) is 5.78. The molecule has 0 bridgehead atoms. The van der Waals surface area contributed by atoms with Crippen LogP contribution in [0.15, 0.2) is 48.5 Å². The maximum absolute atomic E-state index is 14.2. The van der Waals surface area contributed by atoms with Crippen LogP contribution >= 0.6 is 0 Å². The summed E-state index contributed by atoms with van der Waals surface area (Å²) in [7, 11) is 0. The third-order valence-corrected chi connectivity index (χ3v) is 5.57. The lowest BCUT2D eigenvalue weighted by atomic mass is 9.97. The molecule has 37 heavy (non-hydrogen) atoms. The molecule has 0 aliphatic heterocycles. The third-order valence-electron chi connectivity index (χ3n) is 5.57. The number of ether oxygens (including phenoxy) is 1. The van der Waals surface area contributed by atoms with Crippen molar-refractivity contribution in [3.63, 3.8) is 0 Å². The van der Waals surface area contributed by atoms with E-state index in [2.05, 4.69) is 10.6 Å². The molecule has 0 aromatic heterocycles. The van der Waals surface area contributed by atoms with E-state index in [1.165, 1.54) is 0 Å². The molecule has 7 heteroatoms. The molecule has 2 N–H and O–H groups in total. The smallest absolute Gasteiger partial charge is 0.408 e. The van der Waals surface area contributed by atoms with E-state index in [9.17, 15) is 14.4 Å². The minimum Gasteiger partial charge on any atom is -0.444 e. The monoisotopic (exact) mass is 509 g/mol. The summed E-state index contributed by atoms with van der Waals surface area (Å²) in [6, 6.07) is 13.6. The van der Waals surface area contributed by atoms with Crippen molar-refractivity contribution in [2.75, 3.05) is 6.54 Å². The number of nitrogens with zero attached hydrogens (tertiary/aromatic N) is 1. The molecule has 0 fully saturated rings. The molecule has 0 spiro atoms. The lowest BCUT2D eigenvalue weighted by Gasteiger charge is -2.35. The normalized spacial score (nSPS) is 13.0. The highest BCUT2D eigenvalue weighted by Crippen LogP contribution is 2.26. The number of rotatable bonds is 10. The molecular formula is C30H43N3O4. The Kier molecular flexibility index (Phi) is 10.7. The largest absolute Gasteiger partial charge is 0.444 e. The minimum atomic E-state index is -0.913. The van der Waals surface area contributed by atoms with E-state index in [0.717, 1.165) is 22.3 Å². The average Bonchev–Trinajstić information content (AvgIpc) is 2.76. The van der Waals surface area contributed by atoms with Gasteiger partial charge in [0.15, 0.2) is 0 Å². The Hall–Kier alpha value is -3.35. The van der Waals surface area contributed by atoms with Crippen LogP contribution in [0.1, 0.15) is 76.3 Å². The van der Waals surface area contributed by atoms with Crippen LogP contribution in [0.4, 0.5) is 4.79 Å². The first-order valence-corrected chi connectivity index (χ1v) is 13.0. The second kappa shape index (κ2) is 13.3. The number of aryl methyl sites for hydroxylation is 2. The van der Waals surface area contributed by atoms with Gasteiger partial charge in [0.2, 0.25) is 11.8 Å². The summed E-state index contributed by atoms with van der Waals surface area (Å²) in [5.41, 5.74) is 2.94. The van der Waals surface area contributed by atoms with E-state index in [4.69, 9.17) is 4.74 Å². The van der Waals surface area contributed by atoms with Gasteiger partial charge >= 0.3 is 6.09 Å². The highest BCUT2D eigenvalue weighted by Gasteiger charge is 2.36. The average molecular weight is 510 g/mol. The predicted molar refractivity (Wildman–Crippen MR) is 147 cm³/mol. The van der Waals surface area contributed by atoms with Gasteiger partial charge in [0.25, 0.3) is 0 Å². The van der Waals surface area contributed by atoms with Crippen LogP contribution < -0.4 is 10.6 Å². The fraction of sp³-hybridized carbons (Fsp3) is 0.500. The summed E-state index contributed by atoms with van der Waals surface area (Å²) in [5.74, 6) is -0.586. The molecule has 0 aliphatic rings. The van der Waals surface area contributed by atoms with Crippen LogP contribution in [0.2, 0.25) is 0 Å². The molecular weight excluding hydrogens is 466 g/mol. The van der Waals surface area contributed by atoms with Crippen molar-refractivity contribution in [2.45, 2.75) is 92.0 Å². The van der Waals surface area contributed by atoms with E-state index in [1.807, 2.05) is 83.1 Å². The second-order valence-electron chi connectivity index (χ2n) is 10.9. The van der Waals surface area contributed by atoms with E-state index in [0.29, 0.717) is 13.0 Å². The first kappa shape index (κ1) is 29.9. The number of hydrogen-bond donors (Lipinski definition) is 2. The van der Waals surface area contributed by atoms with Gasteiger partial charge in [-0.15, -0.1) is 0 Å². The van der Waals surface area contributed by atoms with Gasteiger partial charge in [-0.1, -0.05) is 66.6 Å². The summed E-state index contributed by atoms with van der Waals surface area (Å²) in [6.07, 6.45) is 0.240. The zero-order valence-electron chi connectivity index (χ0n) is 23.6. The van der Waals surface area contributed by atoms with E-state index in [-0.39, 0.29) is 24.3 Å². The van der Waals surface area contributed by atoms with E-state index < -0.39 is 23.8 Å². The Morgan fingerprint density at radius 1 is 0.946 bits per heavy atom. The molecule has 2 atom stereocenters. The van der Waals surface area contributed by atoms with Crippen LogP contribution in [0.25, 0.3) is 0 Å². The zero-order valence-corrected chi connectivity index (χ0v) is 23.6. The lowest BCUT2D eigenvalue weighted by Crippen LogP contribution is -2.54. The van der Waals surface area contributed by atoms with Gasteiger partial charge in [0.05, 0.1) is 0 Å².